The fourth-order valence-corrected chi connectivity index (χ4v) is 3.06. The molecule has 1 atom stereocenters. The van der Waals surface area contributed by atoms with Crippen molar-refractivity contribution < 1.29 is 61.9 Å². The van der Waals surface area contributed by atoms with E-state index in [0.29, 0.717) is 18.2 Å². The van der Waals surface area contributed by atoms with Crippen molar-refractivity contribution in [3.8, 4) is 0 Å². The molecule has 0 bridgehead atoms. The molecule has 2 rings (SSSR count). The predicted octanol–water partition coefficient (Wildman–Crippen LogP) is 5.94. The molecule has 1 aliphatic rings. The minimum atomic E-state index is -7.80. The van der Waals surface area contributed by atoms with E-state index in [1.807, 2.05) is 0 Å². The van der Waals surface area contributed by atoms with Gasteiger partial charge in [0.05, 0.1) is 0 Å². The second-order valence-electron chi connectivity index (χ2n) is 7.06. The number of alkyl halides is 12. The summed E-state index contributed by atoms with van der Waals surface area (Å²) in [6.45, 7) is 0.982. The molecule has 2 nitrogen and oxygen atoms in total. The minimum absolute atomic E-state index is 0.0746. The van der Waals surface area contributed by atoms with E-state index in [2.05, 4.69) is 0 Å². The molecular formula is C17H12F13NO. The van der Waals surface area contributed by atoms with Crippen molar-refractivity contribution in [3.63, 3.8) is 0 Å². The second-order valence-corrected chi connectivity index (χ2v) is 7.06. The number of nitrogens with zero attached hydrogens (tertiary/aromatic N) is 1. The number of hydrogen-bond acceptors (Lipinski definition) is 1. The van der Waals surface area contributed by atoms with Crippen molar-refractivity contribution in [1.29, 1.82) is 0 Å². The number of fused-ring (bicyclic) bond motifs is 1. The highest BCUT2D eigenvalue weighted by Gasteiger charge is 2.89. The molecule has 0 aliphatic carbocycles. The molecule has 1 amide bonds. The summed E-state index contributed by atoms with van der Waals surface area (Å²) in [7, 11) is 0. The number of aryl methyl sites for hydroxylation is 1. The van der Waals surface area contributed by atoms with Crippen molar-refractivity contribution in [2.75, 3.05) is 4.90 Å². The summed E-state index contributed by atoms with van der Waals surface area (Å²) in [5.41, 5.74) is -0.837. The molecule has 0 radical (unpaired) electrons. The number of hydrogen-bond donors (Lipinski definition) is 0. The van der Waals surface area contributed by atoms with Crippen LogP contribution in [0.4, 0.5) is 62.8 Å². The maximum Gasteiger partial charge on any atom is 0.393 e. The third kappa shape index (κ3) is 3.47. The number of carbonyl (C=O) groups excluding carboxylic acids is 1. The molecule has 0 spiro atoms. The quantitative estimate of drug-likeness (QED) is 0.450. The van der Waals surface area contributed by atoms with Crippen LogP contribution in [0.25, 0.3) is 0 Å². The van der Waals surface area contributed by atoms with E-state index in [1.165, 1.54) is 0 Å². The molecule has 15 heteroatoms. The Morgan fingerprint density at radius 1 is 0.938 bits per heavy atom. The lowest BCUT2D eigenvalue weighted by atomic mass is 9.91. The van der Waals surface area contributed by atoms with Crippen molar-refractivity contribution in [2.24, 2.45) is 0 Å². The third-order valence-corrected chi connectivity index (χ3v) is 4.94. The highest BCUT2D eigenvalue weighted by atomic mass is 19.4. The van der Waals surface area contributed by atoms with Gasteiger partial charge in [0, 0.05) is 11.7 Å². The number of amides is 1. The molecule has 32 heavy (non-hydrogen) atoms. The molecule has 0 saturated heterocycles. The van der Waals surface area contributed by atoms with E-state index in [4.69, 9.17) is 0 Å². The van der Waals surface area contributed by atoms with E-state index in [9.17, 15) is 61.9 Å². The average molecular weight is 493 g/mol. The first kappa shape index (κ1) is 26.0. The fraction of sp³-hybridized carbons (Fsp3) is 0.588. The van der Waals surface area contributed by atoms with Crippen LogP contribution in [0.3, 0.4) is 0 Å². The van der Waals surface area contributed by atoms with Crippen molar-refractivity contribution in [1.82, 2.24) is 0 Å². The molecule has 1 aromatic carbocycles. The highest BCUT2D eigenvalue weighted by molar-refractivity contribution is 6.00. The molecule has 1 aliphatic heterocycles. The van der Waals surface area contributed by atoms with Gasteiger partial charge in [-0.3, -0.25) is 4.79 Å². The largest absolute Gasteiger partial charge is 0.393 e. The summed E-state index contributed by atoms with van der Waals surface area (Å²) >= 11 is 0. The summed E-state index contributed by atoms with van der Waals surface area (Å²) < 4.78 is 174. The molecular weight excluding hydrogens is 481 g/mol. The van der Waals surface area contributed by atoms with Gasteiger partial charge in [0.1, 0.15) is 5.82 Å². The molecule has 0 saturated carbocycles. The Bertz CT molecular complexity index is 883. The van der Waals surface area contributed by atoms with Crippen LogP contribution in [0, 0.1) is 5.82 Å². The van der Waals surface area contributed by atoms with Gasteiger partial charge in [-0.1, -0.05) is 0 Å². The van der Waals surface area contributed by atoms with Gasteiger partial charge in [0.2, 0.25) is 0 Å². The number of halogens is 13. The van der Waals surface area contributed by atoms with E-state index in [1.54, 1.807) is 0 Å². The van der Waals surface area contributed by atoms with Crippen LogP contribution in [0.5, 0.6) is 0 Å². The van der Waals surface area contributed by atoms with Gasteiger partial charge in [-0.05, 0) is 43.5 Å². The monoisotopic (exact) mass is 493 g/mol. The molecule has 0 fully saturated rings. The lowest BCUT2D eigenvalue weighted by Crippen LogP contribution is -2.71. The van der Waals surface area contributed by atoms with Gasteiger partial charge in [0.15, 0.2) is 0 Å². The van der Waals surface area contributed by atoms with Crippen LogP contribution in [0.1, 0.15) is 18.9 Å². The number of benzene rings is 1. The number of carbonyl (C=O) groups is 1. The molecule has 1 aromatic rings. The summed E-state index contributed by atoms with van der Waals surface area (Å²) in [6.07, 6.45) is -5.98. The fourth-order valence-electron chi connectivity index (χ4n) is 3.06. The molecule has 0 N–H and O–H groups in total. The van der Waals surface area contributed by atoms with Crippen molar-refractivity contribution >= 4 is 11.6 Å². The van der Waals surface area contributed by atoms with Crippen LogP contribution >= 0.6 is 0 Å². The van der Waals surface area contributed by atoms with Crippen LogP contribution in [-0.4, -0.2) is 48.0 Å². The zero-order valence-corrected chi connectivity index (χ0v) is 15.6. The summed E-state index contributed by atoms with van der Waals surface area (Å²) in [5.74, 6) is -41.1. The molecule has 1 unspecified atom stereocenters. The maximum absolute atomic E-state index is 14.3. The lowest BCUT2D eigenvalue weighted by molar-refractivity contribution is -0.406. The Morgan fingerprint density at radius 2 is 1.47 bits per heavy atom. The van der Waals surface area contributed by atoms with E-state index >= 15 is 0 Å². The number of rotatable bonds is 6. The van der Waals surface area contributed by atoms with Gasteiger partial charge in [-0.25, -0.2) is 13.2 Å². The van der Waals surface area contributed by atoms with Gasteiger partial charge >= 0.3 is 41.9 Å². The first-order valence-corrected chi connectivity index (χ1v) is 8.54. The van der Waals surface area contributed by atoms with Gasteiger partial charge in [-0.2, -0.15) is 43.9 Å². The molecule has 0 aromatic heterocycles. The summed E-state index contributed by atoms with van der Waals surface area (Å²) in [4.78, 5) is 12.0. The normalized spacial score (nSPS) is 18.7. The summed E-state index contributed by atoms with van der Waals surface area (Å²) in [6, 6.07) is 0.548. The van der Waals surface area contributed by atoms with Gasteiger partial charge in [-0.15, -0.1) is 0 Å². The Kier molecular flexibility index (Phi) is 6.25. The molecule has 1 heterocycles. The van der Waals surface area contributed by atoms with Crippen molar-refractivity contribution in [3.05, 3.63) is 29.6 Å². The van der Waals surface area contributed by atoms with E-state index in [-0.39, 0.29) is 23.3 Å². The van der Waals surface area contributed by atoms with Gasteiger partial charge < -0.3 is 4.90 Å². The van der Waals surface area contributed by atoms with Crippen LogP contribution in [0.2, 0.25) is 0 Å². The Hall–Kier alpha value is -2.22. The second kappa shape index (κ2) is 7.68. The molecule has 182 valence electrons. The standard InChI is InChI=1S/C17H12F13NO/c1-7-2-3-8-6-9(18)4-5-10(8)31(7)12(32)14(23,24)16(27,28)17(29,30)15(25,26)13(21,22)11(19)20/h4-7,11H,2-3H2,1H3. The minimum Gasteiger partial charge on any atom is -0.304 e. The van der Waals surface area contributed by atoms with Crippen molar-refractivity contribution in [2.45, 2.75) is 61.8 Å². The smallest absolute Gasteiger partial charge is 0.304 e. The van der Waals surface area contributed by atoms with E-state index in [0.717, 1.165) is 6.92 Å². The zero-order chi connectivity index (χ0) is 25.1. The first-order chi connectivity index (χ1) is 14.2. The topological polar surface area (TPSA) is 20.3 Å². The Labute approximate surface area is 171 Å². The van der Waals surface area contributed by atoms with Crippen LogP contribution in [-0.2, 0) is 11.2 Å². The predicted molar refractivity (Wildman–Crippen MR) is 82.4 cm³/mol. The highest BCUT2D eigenvalue weighted by Crippen LogP contribution is 2.58. The third-order valence-electron chi connectivity index (χ3n) is 4.94. The zero-order valence-electron chi connectivity index (χ0n) is 15.6. The lowest BCUT2D eigenvalue weighted by Gasteiger charge is -2.42. The SMILES string of the molecule is CC1CCc2cc(F)ccc2N1C(=O)C(F)(F)C(F)(F)C(F)(F)C(F)(F)C(F)(F)C(F)F. The summed E-state index contributed by atoms with van der Waals surface area (Å²) in [5, 5.41) is 0. The maximum atomic E-state index is 14.3. The Morgan fingerprint density at radius 3 is 1.97 bits per heavy atom. The average Bonchev–Trinajstić information content (AvgIpc) is 2.66. The van der Waals surface area contributed by atoms with Gasteiger partial charge in [0.25, 0.3) is 0 Å². The Balaban J connectivity index is 2.57. The van der Waals surface area contributed by atoms with Crippen LogP contribution in [0.15, 0.2) is 18.2 Å². The van der Waals surface area contributed by atoms with E-state index < -0.39 is 59.5 Å². The van der Waals surface area contributed by atoms with Crippen LogP contribution < -0.4 is 4.90 Å². The first-order valence-electron chi connectivity index (χ1n) is 8.54. The number of anilines is 1.